The summed E-state index contributed by atoms with van der Waals surface area (Å²) in [6.07, 6.45) is -0.238. The minimum absolute atomic E-state index is 0.343. The van der Waals surface area contributed by atoms with Gasteiger partial charge in [0, 0.05) is 10.8 Å². The first-order valence-corrected chi connectivity index (χ1v) is 11.8. The van der Waals surface area contributed by atoms with Crippen LogP contribution in [0.2, 0.25) is 0 Å². The second-order valence-corrected chi connectivity index (χ2v) is 9.25. The van der Waals surface area contributed by atoms with Crippen LogP contribution in [0.5, 0.6) is 0 Å². The third-order valence-electron chi connectivity index (χ3n) is 6.80. The van der Waals surface area contributed by atoms with Crippen LogP contribution in [0.4, 0.5) is 13.2 Å². The highest BCUT2D eigenvalue weighted by molar-refractivity contribution is 5.87. The van der Waals surface area contributed by atoms with Gasteiger partial charge in [0.1, 0.15) is 17.2 Å². The van der Waals surface area contributed by atoms with E-state index in [0.29, 0.717) is 33.4 Å². The number of para-hydroxylation sites is 1. The van der Waals surface area contributed by atoms with E-state index in [9.17, 15) is 13.9 Å². The summed E-state index contributed by atoms with van der Waals surface area (Å²) in [5.74, 6) is -0.727. The van der Waals surface area contributed by atoms with E-state index in [-0.39, 0.29) is 11.6 Å². The molecule has 1 N–H and O–H groups in total. The van der Waals surface area contributed by atoms with Crippen molar-refractivity contribution in [3.8, 4) is 16.9 Å². The molecule has 2 heterocycles. The van der Waals surface area contributed by atoms with Crippen molar-refractivity contribution in [2.75, 3.05) is 0 Å². The van der Waals surface area contributed by atoms with E-state index >= 15 is 4.39 Å². The number of aliphatic hydroxyl groups is 1. The zero-order chi connectivity index (χ0) is 25.7. The Balaban J connectivity index is 1.44. The summed E-state index contributed by atoms with van der Waals surface area (Å²) in [6.45, 7) is 1.44. The second-order valence-electron chi connectivity index (χ2n) is 9.25. The van der Waals surface area contributed by atoms with Crippen LogP contribution < -0.4 is 0 Å². The summed E-state index contributed by atoms with van der Waals surface area (Å²) in [7, 11) is 0. The van der Waals surface area contributed by atoms with E-state index in [1.165, 1.54) is 35.8 Å². The predicted octanol–water partition coefficient (Wildman–Crippen LogP) is 7.30. The van der Waals surface area contributed by atoms with Gasteiger partial charge in [-0.05, 0) is 90.8 Å². The standard InChI is InChI=1S/C30H22F3N3O/c1-30(37,22-8-15-27-21(16-22)18-34-36(27)25-13-11-24(32)12-14-25)29(33)35-26-5-3-2-4-20(26)17-28(35)19-6-9-23(31)10-7-19/h2-18,29,37H,1H3. The summed E-state index contributed by atoms with van der Waals surface area (Å²) >= 11 is 0. The average Bonchev–Trinajstić information content (AvgIpc) is 3.50. The van der Waals surface area contributed by atoms with Crippen molar-refractivity contribution in [2.24, 2.45) is 0 Å². The summed E-state index contributed by atoms with van der Waals surface area (Å²) in [6, 6.07) is 26.1. The lowest BCUT2D eigenvalue weighted by molar-refractivity contribution is -0.0578. The molecule has 0 aliphatic heterocycles. The van der Waals surface area contributed by atoms with E-state index in [4.69, 9.17) is 0 Å². The van der Waals surface area contributed by atoms with E-state index in [2.05, 4.69) is 5.10 Å². The van der Waals surface area contributed by atoms with Crippen LogP contribution in [0.25, 0.3) is 38.8 Å². The van der Waals surface area contributed by atoms with Crippen LogP contribution in [0.1, 0.15) is 18.8 Å². The number of halogens is 3. The Morgan fingerprint density at radius 3 is 2.19 bits per heavy atom. The molecular weight excluding hydrogens is 475 g/mol. The van der Waals surface area contributed by atoms with Gasteiger partial charge in [-0.3, -0.25) is 0 Å². The first-order chi connectivity index (χ1) is 17.8. The predicted molar refractivity (Wildman–Crippen MR) is 138 cm³/mol. The van der Waals surface area contributed by atoms with Crippen LogP contribution >= 0.6 is 0 Å². The molecule has 0 aliphatic rings. The van der Waals surface area contributed by atoms with Crippen LogP contribution in [-0.4, -0.2) is 19.5 Å². The maximum absolute atomic E-state index is 16.5. The molecule has 0 saturated heterocycles. The number of aromatic nitrogens is 3. The molecule has 0 radical (unpaired) electrons. The van der Waals surface area contributed by atoms with Gasteiger partial charge in [-0.15, -0.1) is 0 Å². The molecule has 0 fully saturated rings. The van der Waals surface area contributed by atoms with Gasteiger partial charge in [-0.2, -0.15) is 5.10 Å². The smallest absolute Gasteiger partial charge is 0.209 e. The first-order valence-electron chi connectivity index (χ1n) is 11.8. The van der Waals surface area contributed by atoms with E-state index in [1.807, 2.05) is 24.3 Å². The lowest BCUT2D eigenvalue weighted by atomic mass is 9.93. The average molecular weight is 498 g/mol. The van der Waals surface area contributed by atoms with Crippen molar-refractivity contribution in [1.82, 2.24) is 14.3 Å². The molecule has 2 aromatic heterocycles. The summed E-state index contributed by atoms with van der Waals surface area (Å²) in [5.41, 5.74) is 1.64. The van der Waals surface area contributed by atoms with E-state index in [0.717, 1.165) is 10.9 Å². The molecule has 0 aliphatic carbocycles. The normalized spacial score (nSPS) is 14.2. The number of nitrogens with zero attached hydrogens (tertiary/aromatic N) is 3. The third kappa shape index (κ3) is 3.88. The van der Waals surface area contributed by atoms with E-state index < -0.39 is 11.9 Å². The van der Waals surface area contributed by atoms with Gasteiger partial charge in [-0.1, -0.05) is 24.3 Å². The number of alkyl halides is 1. The van der Waals surface area contributed by atoms with Crippen molar-refractivity contribution < 1.29 is 18.3 Å². The van der Waals surface area contributed by atoms with Crippen LogP contribution in [0.3, 0.4) is 0 Å². The van der Waals surface area contributed by atoms with Gasteiger partial charge in [0.05, 0.1) is 28.6 Å². The Labute approximate surface area is 210 Å². The van der Waals surface area contributed by atoms with Gasteiger partial charge in [0.25, 0.3) is 0 Å². The molecule has 4 aromatic carbocycles. The third-order valence-corrected chi connectivity index (χ3v) is 6.80. The highest BCUT2D eigenvalue weighted by Crippen LogP contribution is 2.41. The lowest BCUT2D eigenvalue weighted by Crippen LogP contribution is -2.31. The van der Waals surface area contributed by atoms with Gasteiger partial charge in [0.15, 0.2) is 0 Å². The van der Waals surface area contributed by atoms with Gasteiger partial charge in [-0.25, -0.2) is 17.9 Å². The summed E-state index contributed by atoms with van der Waals surface area (Å²) in [5, 5.41) is 17.5. The van der Waals surface area contributed by atoms with Crippen molar-refractivity contribution in [1.29, 1.82) is 0 Å². The highest BCUT2D eigenvalue weighted by Gasteiger charge is 2.37. The molecule has 6 rings (SSSR count). The highest BCUT2D eigenvalue weighted by atomic mass is 19.1. The molecule has 2 unspecified atom stereocenters. The minimum atomic E-state index is -1.91. The Hall–Kier alpha value is -4.36. The molecule has 0 spiro atoms. The molecule has 37 heavy (non-hydrogen) atoms. The fourth-order valence-corrected chi connectivity index (χ4v) is 4.79. The van der Waals surface area contributed by atoms with Crippen LogP contribution in [0, 0.1) is 11.6 Å². The second kappa shape index (κ2) is 8.64. The van der Waals surface area contributed by atoms with Gasteiger partial charge >= 0.3 is 0 Å². The van der Waals surface area contributed by atoms with Crippen molar-refractivity contribution >= 4 is 21.8 Å². The van der Waals surface area contributed by atoms with Crippen LogP contribution in [0.15, 0.2) is 103 Å². The molecule has 6 aromatic rings. The number of benzene rings is 4. The quantitative estimate of drug-likeness (QED) is 0.272. The summed E-state index contributed by atoms with van der Waals surface area (Å²) < 4.78 is 46.5. The summed E-state index contributed by atoms with van der Waals surface area (Å²) in [4.78, 5) is 0. The molecule has 2 atom stereocenters. The zero-order valence-electron chi connectivity index (χ0n) is 19.8. The molecular formula is C30H22F3N3O. The number of hydrogen-bond donors (Lipinski definition) is 1. The maximum Gasteiger partial charge on any atom is 0.209 e. The molecule has 7 heteroatoms. The molecule has 4 nitrogen and oxygen atoms in total. The van der Waals surface area contributed by atoms with Gasteiger partial charge < -0.3 is 9.67 Å². The molecule has 0 bridgehead atoms. The Morgan fingerprint density at radius 1 is 0.784 bits per heavy atom. The monoisotopic (exact) mass is 497 g/mol. The molecule has 184 valence electrons. The SMILES string of the molecule is CC(O)(c1ccc2c(cnn2-c2ccc(F)cc2)c1)C(F)n1c(-c2ccc(F)cc2)cc2ccccc21. The Bertz CT molecular complexity index is 1730. The zero-order valence-corrected chi connectivity index (χ0v) is 19.8. The lowest BCUT2D eigenvalue weighted by Gasteiger charge is -2.30. The van der Waals surface area contributed by atoms with Crippen molar-refractivity contribution in [3.05, 3.63) is 120 Å². The van der Waals surface area contributed by atoms with Crippen molar-refractivity contribution in [3.63, 3.8) is 0 Å². The first kappa shape index (κ1) is 23.1. The largest absolute Gasteiger partial charge is 0.380 e. The minimum Gasteiger partial charge on any atom is -0.380 e. The number of rotatable bonds is 5. The Kier molecular flexibility index (Phi) is 5.38. The number of hydrogen-bond acceptors (Lipinski definition) is 2. The topological polar surface area (TPSA) is 43.0 Å². The fraction of sp³-hybridized carbons (Fsp3) is 0.100. The fourth-order valence-electron chi connectivity index (χ4n) is 4.79. The maximum atomic E-state index is 16.5. The van der Waals surface area contributed by atoms with Gasteiger partial charge in [0.2, 0.25) is 6.30 Å². The van der Waals surface area contributed by atoms with E-state index in [1.54, 1.807) is 59.4 Å². The number of fused-ring (bicyclic) bond motifs is 2. The van der Waals surface area contributed by atoms with Crippen molar-refractivity contribution in [2.45, 2.75) is 18.8 Å². The molecule has 0 amide bonds. The van der Waals surface area contributed by atoms with Crippen LogP contribution in [-0.2, 0) is 5.60 Å². The Morgan fingerprint density at radius 2 is 1.46 bits per heavy atom. The molecule has 0 saturated carbocycles.